The zero-order chi connectivity index (χ0) is 12.3. The van der Waals surface area contributed by atoms with Gasteiger partial charge in [0, 0.05) is 0 Å². The van der Waals surface area contributed by atoms with Crippen LogP contribution in [0.2, 0.25) is 0 Å². The van der Waals surface area contributed by atoms with Gasteiger partial charge >= 0.3 is 6.16 Å². The molecule has 0 aromatic heterocycles. The Morgan fingerprint density at radius 3 is 2.82 bits per heavy atom. The number of hydrogen-bond acceptors (Lipinski definition) is 4. The molecule has 0 saturated heterocycles. The summed E-state index contributed by atoms with van der Waals surface area (Å²) in [7, 11) is 1.60. The van der Waals surface area contributed by atoms with E-state index in [0.717, 1.165) is 33.5 Å². The molecule has 0 fully saturated rings. The van der Waals surface area contributed by atoms with Crippen LogP contribution in [-0.4, -0.2) is 18.4 Å². The largest absolute Gasteiger partial charge is 0.518 e. The molecule has 5 heteroatoms. The van der Waals surface area contributed by atoms with Gasteiger partial charge in [-0.15, -0.1) is 0 Å². The van der Waals surface area contributed by atoms with Crippen molar-refractivity contribution >= 4 is 29.0 Å². The van der Waals surface area contributed by atoms with Crippen LogP contribution in [0.5, 0.6) is 5.75 Å². The van der Waals surface area contributed by atoms with E-state index in [2.05, 4.69) is 4.18 Å². The van der Waals surface area contributed by atoms with Crippen LogP contribution >= 0.6 is 12.0 Å². The van der Waals surface area contributed by atoms with E-state index >= 15 is 0 Å². The quantitative estimate of drug-likeness (QED) is 0.844. The molecule has 0 aliphatic carbocycles. The maximum absolute atomic E-state index is 10.3. The first kappa shape index (κ1) is 11.6. The number of carboxylic acid groups (broad SMARTS) is 1. The summed E-state index contributed by atoms with van der Waals surface area (Å²) in [5.74, 6) is 0.763. The summed E-state index contributed by atoms with van der Waals surface area (Å²) in [6, 6.07) is 11.2. The van der Waals surface area contributed by atoms with Crippen molar-refractivity contribution in [2.24, 2.45) is 0 Å². The van der Waals surface area contributed by atoms with Crippen LogP contribution in [0.4, 0.5) is 4.79 Å². The van der Waals surface area contributed by atoms with E-state index in [4.69, 9.17) is 9.84 Å². The minimum Gasteiger partial charge on any atom is -0.497 e. The molecule has 0 spiro atoms. The molecule has 0 atom stereocenters. The summed E-state index contributed by atoms with van der Waals surface area (Å²) in [5.41, 5.74) is 0. The number of methoxy groups -OCH3 is 1. The number of ether oxygens (including phenoxy) is 1. The van der Waals surface area contributed by atoms with Crippen LogP contribution < -0.4 is 4.74 Å². The van der Waals surface area contributed by atoms with Gasteiger partial charge in [-0.25, -0.2) is 4.79 Å². The zero-order valence-electron chi connectivity index (χ0n) is 9.04. The molecule has 0 aliphatic rings. The second-order valence-corrected chi connectivity index (χ2v) is 4.05. The summed E-state index contributed by atoms with van der Waals surface area (Å²) < 4.78 is 9.62. The van der Waals surface area contributed by atoms with Crippen LogP contribution in [0.15, 0.2) is 41.3 Å². The van der Waals surface area contributed by atoms with Crippen molar-refractivity contribution in [1.82, 2.24) is 0 Å². The Bertz CT molecular complexity index is 553. The van der Waals surface area contributed by atoms with Gasteiger partial charge in [0.25, 0.3) is 0 Å². The molecule has 0 radical (unpaired) electrons. The van der Waals surface area contributed by atoms with Crippen LogP contribution in [0.1, 0.15) is 0 Å². The lowest BCUT2D eigenvalue weighted by atomic mass is 10.1. The van der Waals surface area contributed by atoms with Gasteiger partial charge in [0.2, 0.25) is 0 Å². The molecule has 88 valence electrons. The van der Waals surface area contributed by atoms with Crippen LogP contribution in [0.3, 0.4) is 0 Å². The smallest absolute Gasteiger partial charge is 0.497 e. The molecular formula is C12H10O4S. The topological polar surface area (TPSA) is 55.8 Å². The molecular weight excluding hydrogens is 240 g/mol. The fourth-order valence-electron chi connectivity index (χ4n) is 1.51. The molecule has 1 N–H and O–H groups in total. The van der Waals surface area contributed by atoms with E-state index in [9.17, 15) is 4.79 Å². The summed E-state index contributed by atoms with van der Waals surface area (Å²) in [6.07, 6.45) is -1.31. The van der Waals surface area contributed by atoms with Crippen molar-refractivity contribution in [3.8, 4) is 5.75 Å². The van der Waals surface area contributed by atoms with Gasteiger partial charge in [-0.05, 0) is 35.0 Å². The predicted molar refractivity (Wildman–Crippen MR) is 65.5 cm³/mol. The van der Waals surface area contributed by atoms with Gasteiger partial charge in [0.1, 0.15) is 17.8 Å². The lowest BCUT2D eigenvalue weighted by molar-refractivity contribution is 0.153. The highest BCUT2D eigenvalue weighted by molar-refractivity contribution is 7.95. The maximum atomic E-state index is 10.3. The van der Waals surface area contributed by atoms with Crippen molar-refractivity contribution in [1.29, 1.82) is 0 Å². The number of rotatable bonds is 3. The lowest BCUT2D eigenvalue weighted by Gasteiger charge is -2.06. The lowest BCUT2D eigenvalue weighted by Crippen LogP contribution is -1.91. The summed E-state index contributed by atoms with van der Waals surface area (Å²) in [4.78, 5) is 11.1. The van der Waals surface area contributed by atoms with Gasteiger partial charge in [-0.2, -0.15) is 0 Å². The molecule has 2 aromatic carbocycles. The van der Waals surface area contributed by atoms with Crippen LogP contribution in [0, 0.1) is 0 Å². The standard InChI is InChI=1S/C12H10O4S/c1-15-9-5-6-10-8(7-9)3-2-4-11(10)17-16-12(13)14/h2-7H,1H3,(H,13,14). The zero-order valence-corrected chi connectivity index (χ0v) is 9.86. The molecule has 0 aliphatic heterocycles. The third-order valence-corrected chi connectivity index (χ3v) is 3.01. The van der Waals surface area contributed by atoms with Crippen molar-refractivity contribution in [2.45, 2.75) is 4.90 Å². The second-order valence-electron chi connectivity index (χ2n) is 3.28. The van der Waals surface area contributed by atoms with Crippen molar-refractivity contribution in [3.63, 3.8) is 0 Å². The number of benzene rings is 2. The molecule has 0 saturated carbocycles. The van der Waals surface area contributed by atoms with Gasteiger partial charge in [-0.3, -0.25) is 0 Å². The van der Waals surface area contributed by atoms with E-state index in [1.807, 2.05) is 36.4 Å². The Labute approximate surface area is 102 Å². The molecule has 0 unspecified atom stereocenters. The maximum Gasteiger partial charge on any atom is 0.518 e. The number of hydrogen-bond donors (Lipinski definition) is 1. The third kappa shape index (κ3) is 2.62. The van der Waals surface area contributed by atoms with Crippen molar-refractivity contribution < 1.29 is 18.8 Å². The Morgan fingerprint density at radius 1 is 1.29 bits per heavy atom. The summed E-state index contributed by atoms with van der Waals surface area (Å²) in [5, 5.41) is 10.4. The van der Waals surface area contributed by atoms with E-state index in [0.29, 0.717) is 0 Å². The molecule has 2 aromatic rings. The fourth-order valence-corrected chi connectivity index (χ4v) is 2.08. The highest BCUT2D eigenvalue weighted by atomic mass is 32.2. The highest BCUT2D eigenvalue weighted by Crippen LogP contribution is 2.30. The second kappa shape index (κ2) is 4.97. The average molecular weight is 250 g/mol. The molecule has 17 heavy (non-hydrogen) atoms. The van der Waals surface area contributed by atoms with Gasteiger partial charge in [0.15, 0.2) is 0 Å². The molecule has 2 rings (SSSR count). The Kier molecular flexibility index (Phi) is 3.39. The molecule has 0 amide bonds. The summed E-state index contributed by atoms with van der Waals surface area (Å²) >= 11 is 0.831. The van der Waals surface area contributed by atoms with Crippen molar-refractivity contribution in [3.05, 3.63) is 36.4 Å². The van der Waals surface area contributed by atoms with Gasteiger partial charge < -0.3 is 14.0 Å². The molecule has 0 bridgehead atoms. The van der Waals surface area contributed by atoms with Gasteiger partial charge in [-0.1, -0.05) is 12.1 Å². The van der Waals surface area contributed by atoms with E-state index < -0.39 is 6.16 Å². The first-order chi connectivity index (χ1) is 8.20. The Hall–Kier alpha value is -1.88. The van der Waals surface area contributed by atoms with E-state index in [-0.39, 0.29) is 0 Å². The predicted octanol–water partition coefficient (Wildman–Crippen LogP) is 3.55. The van der Waals surface area contributed by atoms with Gasteiger partial charge in [0.05, 0.1) is 12.0 Å². The minimum absolute atomic E-state index is 0.757. The SMILES string of the molecule is COc1ccc2c(SOC(=O)O)cccc2c1. The van der Waals surface area contributed by atoms with Crippen LogP contribution in [-0.2, 0) is 4.18 Å². The number of fused-ring (bicyclic) bond motifs is 1. The third-order valence-electron chi connectivity index (χ3n) is 2.25. The monoisotopic (exact) mass is 250 g/mol. The van der Waals surface area contributed by atoms with E-state index in [1.165, 1.54) is 0 Å². The first-order valence-corrected chi connectivity index (χ1v) is 5.59. The Balaban J connectivity index is 2.39. The van der Waals surface area contributed by atoms with Crippen molar-refractivity contribution in [2.75, 3.05) is 7.11 Å². The Morgan fingerprint density at radius 2 is 2.12 bits per heavy atom. The average Bonchev–Trinajstić information content (AvgIpc) is 2.35. The fraction of sp³-hybridized carbons (Fsp3) is 0.0833. The summed E-state index contributed by atoms with van der Waals surface area (Å²) in [6.45, 7) is 0. The normalized spacial score (nSPS) is 10.2. The highest BCUT2D eigenvalue weighted by Gasteiger charge is 2.06. The van der Waals surface area contributed by atoms with Crippen LogP contribution in [0.25, 0.3) is 10.8 Å². The number of carbonyl (C=O) groups is 1. The van der Waals surface area contributed by atoms with E-state index in [1.54, 1.807) is 7.11 Å². The first-order valence-electron chi connectivity index (χ1n) is 4.85. The molecule has 0 heterocycles. The minimum atomic E-state index is -1.31. The molecule has 4 nitrogen and oxygen atoms in total.